The summed E-state index contributed by atoms with van der Waals surface area (Å²) in [6.07, 6.45) is 5.05. The Kier molecular flexibility index (Phi) is 5.69. The number of fused-ring (bicyclic) bond motifs is 1. The highest BCUT2D eigenvalue weighted by atomic mass is 35.5. The molecule has 1 saturated carbocycles. The first-order valence-corrected chi connectivity index (χ1v) is 11.0. The van der Waals surface area contributed by atoms with Crippen molar-refractivity contribution in [3.63, 3.8) is 0 Å². The van der Waals surface area contributed by atoms with E-state index in [2.05, 4.69) is 9.83 Å². The maximum absolute atomic E-state index is 12.2. The molecule has 6 nitrogen and oxygen atoms in total. The molecule has 2 aliphatic rings. The number of ketones is 1. The molecule has 0 bridgehead atoms. The second-order valence-electron chi connectivity index (χ2n) is 8.24. The molecule has 1 atom stereocenters. The molecule has 5 rings (SSSR count). The zero-order chi connectivity index (χ0) is 22.1. The number of epoxide rings is 1. The van der Waals surface area contributed by atoms with Crippen LogP contribution in [0.25, 0.3) is 15.7 Å². The van der Waals surface area contributed by atoms with E-state index < -0.39 is 0 Å². The number of halogens is 1. The summed E-state index contributed by atoms with van der Waals surface area (Å²) in [4.78, 5) is 20.2. The number of ether oxygens (including phenoxy) is 3. The highest BCUT2D eigenvalue weighted by molar-refractivity contribution is 6.31. The maximum atomic E-state index is 12.2. The van der Waals surface area contributed by atoms with Crippen LogP contribution in [0.5, 0.6) is 17.2 Å². The van der Waals surface area contributed by atoms with Gasteiger partial charge in [-0.2, -0.15) is 0 Å². The van der Waals surface area contributed by atoms with Crippen molar-refractivity contribution in [1.29, 1.82) is 0 Å². The van der Waals surface area contributed by atoms with Gasteiger partial charge in [0.2, 0.25) is 5.69 Å². The average molecular weight is 449 g/mol. The van der Waals surface area contributed by atoms with E-state index in [0.717, 1.165) is 18.4 Å². The van der Waals surface area contributed by atoms with Crippen LogP contribution in [0.2, 0.25) is 5.02 Å². The number of hydrogen-bond acceptors (Lipinski definition) is 5. The maximum Gasteiger partial charge on any atom is 0.229 e. The molecule has 3 aromatic rings. The fourth-order valence-corrected chi connectivity index (χ4v) is 3.80. The average Bonchev–Trinajstić information content (AvgIpc) is 3.70. The molecule has 0 spiro atoms. The Hall–Kier alpha value is -3.14. The number of carbonyl (C=O) groups excluding carboxylic acids is 1. The van der Waals surface area contributed by atoms with Crippen LogP contribution in [0, 0.1) is 12.5 Å². The molecule has 32 heavy (non-hydrogen) atoms. The van der Waals surface area contributed by atoms with Crippen molar-refractivity contribution in [2.24, 2.45) is 5.92 Å². The topological polar surface area (TPSA) is 65.3 Å². The quantitative estimate of drug-likeness (QED) is 0.300. The van der Waals surface area contributed by atoms with Gasteiger partial charge in [-0.3, -0.25) is 9.78 Å². The van der Waals surface area contributed by atoms with Crippen molar-refractivity contribution >= 4 is 34.0 Å². The van der Waals surface area contributed by atoms with Crippen molar-refractivity contribution in [3.05, 3.63) is 64.6 Å². The minimum Gasteiger partial charge on any atom is -0.502 e. The van der Waals surface area contributed by atoms with Gasteiger partial charge in [-0.25, -0.2) is 4.85 Å². The molecule has 1 aromatic heterocycles. The third-order valence-corrected chi connectivity index (χ3v) is 5.93. The fraction of sp³-hybridized carbons (Fsp3) is 0.320. The van der Waals surface area contributed by atoms with E-state index in [1.54, 1.807) is 36.5 Å². The molecule has 1 saturated heterocycles. The summed E-state index contributed by atoms with van der Waals surface area (Å²) in [5.74, 6) is 2.39. The van der Waals surface area contributed by atoms with Crippen LogP contribution in [-0.4, -0.2) is 30.1 Å². The summed E-state index contributed by atoms with van der Waals surface area (Å²) < 4.78 is 17.0. The summed E-state index contributed by atoms with van der Waals surface area (Å²) in [7, 11) is 0. The molecule has 0 radical (unpaired) electrons. The van der Waals surface area contributed by atoms with Gasteiger partial charge in [0, 0.05) is 29.4 Å². The Bertz CT molecular complexity index is 1230. The van der Waals surface area contributed by atoms with Gasteiger partial charge in [-0.05, 0) is 54.7 Å². The summed E-state index contributed by atoms with van der Waals surface area (Å²) in [5.41, 5.74) is 1.86. The second kappa shape index (κ2) is 8.78. The molecule has 2 aromatic carbocycles. The molecule has 0 unspecified atom stereocenters. The van der Waals surface area contributed by atoms with Crippen LogP contribution in [0.1, 0.15) is 24.8 Å². The summed E-state index contributed by atoms with van der Waals surface area (Å²) in [5, 5.41) is 1.21. The second-order valence-corrected chi connectivity index (χ2v) is 8.65. The predicted molar refractivity (Wildman–Crippen MR) is 121 cm³/mol. The monoisotopic (exact) mass is 448 g/mol. The zero-order valence-electron chi connectivity index (χ0n) is 17.3. The van der Waals surface area contributed by atoms with E-state index in [9.17, 15) is 4.79 Å². The Labute approximate surface area is 190 Å². The standard InChI is InChI=1S/C25H21ClN2O4/c1-27-23-11-20-22(12-25(23)31-14-19-13-30-19)28-7-6-24(20)32-18-5-4-16(21(26)10-18)9-17(29)8-15-2-3-15/h4-7,10-12,15,19H,2-3,8-9,13-14H2/t19-/m1/s1. The third kappa shape index (κ3) is 4.85. The minimum absolute atomic E-state index is 0.101. The number of rotatable bonds is 9. The van der Waals surface area contributed by atoms with E-state index in [4.69, 9.17) is 32.4 Å². The number of Topliss-reactive ketones (excluding diaryl/α,β-unsaturated/α-hetero) is 1. The van der Waals surface area contributed by atoms with Crippen molar-refractivity contribution < 1.29 is 19.0 Å². The fourth-order valence-electron chi connectivity index (χ4n) is 3.57. The van der Waals surface area contributed by atoms with Crippen LogP contribution < -0.4 is 9.47 Å². The lowest BCUT2D eigenvalue weighted by Crippen LogP contribution is -2.04. The summed E-state index contributed by atoms with van der Waals surface area (Å²) in [6.45, 7) is 8.62. The van der Waals surface area contributed by atoms with Gasteiger partial charge < -0.3 is 14.2 Å². The Balaban J connectivity index is 1.36. The number of aromatic nitrogens is 1. The molecular weight excluding hydrogens is 428 g/mol. The van der Waals surface area contributed by atoms with E-state index in [1.807, 2.05) is 6.07 Å². The van der Waals surface area contributed by atoms with Crippen LogP contribution in [-0.2, 0) is 16.0 Å². The van der Waals surface area contributed by atoms with Gasteiger partial charge in [-0.15, -0.1) is 0 Å². The smallest absolute Gasteiger partial charge is 0.229 e. The number of pyridine rings is 1. The highest BCUT2D eigenvalue weighted by Gasteiger charge is 2.25. The summed E-state index contributed by atoms with van der Waals surface area (Å²) >= 11 is 6.43. The van der Waals surface area contributed by atoms with Gasteiger partial charge in [0.15, 0.2) is 0 Å². The highest BCUT2D eigenvalue weighted by Crippen LogP contribution is 2.38. The van der Waals surface area contributed by atoms with Gasteiger partial charge >= 0.3 is 0 Å². The van der Waals surface area contributed by atoms with Crippen molar-refractivity contribution in [2.75, 3.05) is 13.2 Å². The number of hydrogen-bond donors (Lipinski definition) is 0. The van der Waals surface area contributed by atoms with E-state index >= 15 is 0 Å². The molecular formula is C25H21ClN2O4. The SMILES string of the molecule is [C-]#[N+]c1cc2c(Oc3ccc(CC(=O)CC4CC4)c(Cl)c3)ccnc2cc1OC[C@H]1CO1. The van der Waals surface area contributed by atoms with Gasteiger partial charge in [0.05, 0.1) is 18.7 Å². The first-order chi connectivity index (χ1) is 15.6. The molecule has 0 N–H and O–H groups in total. The Morgan fingerprint density at radius 2 is 2.06 bits per heavy atom. The number of carbonyl (C=O) groups is 1. The normalized spacial score (nSPS) is 17.1. The molecule has 0 amide bonds. The molecule has 1 aliphatic heterocycles. The zero-order valence-corrected chi connectivity index (χ0v) is 18.1. The van der Waals surface area contributed by atoms with Crippen LogP contribution in [0.4, 0.5) is 5.69 Å². The predicted octanol–water partition coefficient (Wildman–Crippen LogP) is 5.92. The van der Waals surface area contributed by atoms with Crippen LogP contribution in [0.3, 0.4) is 0 Å². The first kappa shape index (κ1) is 20.7. The van der Waals surface area contributed by atoms with Crippen molar-refractivity contribution in [2.45, 2.75) is 31.8 Å². The summed E-state index contributed by atoms with van der Waals surface area (Å²) in [6, 6.07) is 10.6. The lowest BCUT2D eigenvalue weighted by atomic mass is 10.0. The largest absolute Gasteiger partial charge is 0.502 e. The first-order valence-electron chi connectivity index (χ1n) is 10.6. The molecule has 1 aliphatic carbocycles. The number of nitrogens with zero attached hydrogens (tertiary/aromatic N) is 2. The Morgan fingerprint density at radius 1 is 1.22 bits per heavy atom. The molecule has 7 heteroatoms. The van der Waals surface area contributed by atoms with Crippen LogP contribution in [0.15, 0.2) is 42.6 Å². The van der Waals surface area contributed by atoms with E-state index in [-0.39, 0.29) is 11.9 Å². The number of benzene rings is 2. The lowest BCUT2D eigenvalue weighted by Gasteiger charge is -2.13. The molecule has 2 heterocycles. The molecule has 162 valence electrons. The van der Waals surface area contributed by atoms with Gasteiger partial charge in [0.1, 0.15) is 35.7 Å². The molecule has 2 fully saturated rings. The van der Waals surface area contributed by atoms with Crippen molar-refractivity contribution in [1.82, 2.24) is 4.98 Å². The van der Waals surface area contributed by atoms with E-state index in [1.165, 1.54) is 0 Å². The third-order valence-electron chi connectivity index (χ3n) is 5.58. The van der Waals surface area contributed by atoms with Crippen molar-refractivity contribution in [3.8, 4) is 17.2 Å². The van der Waals surface area contributed by atoms with Gasteiger partial charge in [0.25, 0.3) is 0 Å². The minimum atomic E-state index is 0.101. The van der Waals surface area contributed by atoms with Gasteiger partial charge in [-0.1, -0.05) is 17.7 Å². The van der Waals surface area contributed by atoms with E-state index in [0.29, 0.717) is 70.8 Å². The Morgan fingerprint density at radius 3 is 2.78 bits per heavy atom. The van der Waals surface area contributed by atoms with Crippen LogP contribution >= 0.6 is 11.6 Å². The lowest BCUT2D eigenvalue weighted by molar-refractivity contribution is -0.118.